The van der Waals surface area contributed by atoms with Crippen molar-refractivity contribution >= 4 is 5.97 Å². The van der Waals surface area contributed by atoms with Crippen LogP contribution in [0.3, 0.4) is 0 Å². The van der Waals surface area contributed by atoms with Crippen LogP contribution in [-0.2, 0) is 19.0 Å². The van der Waals surface area contributed by atoms with Gasteiger partial charge in [0.05, 0.1) is 13.2 Å². The maximum atomic E-state index is 12.7. The number of aliphatic hydroxyl groups is 4. The van der Waals surface area contributed by atoms with Gasteiger partial charge in [-0.3, -0.25) is 4.79 Å². The fourth-order valence-corrected chi connectivity index (χ4v) is 6.81. The molecule has 0 aromatic heterocycles. The molecule has 0 amide bonds. The van der Waals surface area contributed by atoms with Gasteiger partial charge in [-0.05, 0) is 24.7 Å². The smallest absolute Gasteiger partial charge is 0.306 e. The van der Waals surface area contributed by atoms with Gasteiger partial charge in [0, 0.05) is 13.0 Å². The average Bonchev–Trinajstić information content (AvgIpc) is 3.25. The van der Waals surface area contributed by atoms with Crippen LogP contribution in [0, 0.1) is 11.8 Å². The van der Waals surface area contributed by atoms with Crippen LogP contribution in [0.25, 0.3) is 0 Å². The van der Waals surface area contributed by atoms with Gasteiger partial charge >= 0.3 is 5.97 Å². The quantitative estimate of drug-likeness (QED) is 0.0401. The second-order valence-electron chi connectivity index (χ2n) is 15.1. The van der Waals surface area contributed by atoms with E-state index in [1.54, 1.807) is 0 Å². The molecule has 48 heavy (non-hydrogen) atoms. The maximum absolute atomic E-state index is 12.7. The van der Waals surface area contributed by atoms with E-state index in [4.69, 9.17) is 14.2 Å². The molecule has 0 aliphatic heterocycles. The third kappa shape index (κ3) is 22.1. The van der Waals surface area contributed by atoms with Gasteiger partial charge in [-0.2, -0.15) is 0 Å². The molecule has 0 radical (unpaired) electrons. The summed E-state index contributed by atoms with van der Waals surface area (Å²) in [5, 5.41) is 40.1. The Hall–Kier alpha value is -0.770. The lowest BCUT2D eigenvalue weighted by Gasteiger charge is -2.24. The third-order valence-corrected chi connectivity index (χ3v) is 10.2. The summed E-state index contributed by atoms with van der Waals surface area (Å²) in [5.41, 5.74) is 0. The summed E-state index contributed by atoms with van der Waals surface area (Å²) >= 11 is 0. The summed E-state index contributed by atoms with van der Waals surface area (Å²) in [5.74, 6) is 1.34. The number of hydrogen-bond donors (Lipinski definition) is 4. The molecule has 8 heteroatoms. The van der Waals surface area contributed by atoms with Crippen molar-refractivity contribution in [3.8, 4) is 0 Å². The molecule has 0 saturated heterocycles. The molecule has 1 saturated carbocycles. The van der Waals surface area contributed by atoms with Crippen molar-refractivity contribution < 1.29 is 39.4 Å². The molecular weight excluding hydrogens is 608 g/mol. The minimum Gasteiger partial charge on any atom is -0.457 e. The number of carbonyl (C=O) groups is 1. The third-order valence-electron chi connectivity index (χ3n) is 10.2. The predicted molar refractivity (Wildman–Crippen MR) is 195 cm³/mol. The SMILES string of the molecule is CCCCCC[C@H](C)CCCCCCCCCOC[C@@H](COC1[C@@H](O)[C@H](O)[C@H](O)[C@H]1O)OC(=O)CCCCCCC[C@H](C)CCCCC. The number of rotatable bonds is 33. The summed E-state index contributed by atoms with van der Waals surface area (Å²) in [6.07, 6.45) is 21.1. The van der Waals surface area contributed by atoms with Crippen LogP contribution in [0.15, 0.2) is 0 Å². The molecule has 1 aliphatic rings. The van der Waals surface area contributed by atoms with Gasteiger partial charge in [0.2, 0.25) is 0 Å². The van der Waals surface area contributed by atoms with Crippen LogP contribution in [0.1, 0.15) is 182 Å². The van der Waals surface area contributed by atoms with Gasteiger partial charge in [0.25, 0.3) is 0 Å². The van der Waals surface area contributed by atoms with Gasteiger partial charge in [-0.1, -0.05) is 163 Å². The molecular formula is C40H78O8. The van der Waals surface area contributed by atoms with Crippen molar-refractivity contribution in [2.24, 2.45) is 11.8 Å². The monoisotopic (exact) mass is 687 g/mol. The second kappa shape index (κ2) is 29.9. The van der Waals surface area contributed by atoms with Crippen molar-refractivity contribution in [1.29, 1.82) is 0 Å². The minimum atomic E-state index is -1.49. The van der Waals surface area contributed by atoms with Crippen molar-refractivity contribution in [2.45, 2.75) is 218 Å². The second-order valence-corrected chi connectivity index (χ2v) is 15.1. The van der Waals surface area contributed by atoms with E-state index < -0.39 is 36.6 Å². The highest BCUT2D eigenvalue weighted by Crippen LogP contribution is 2.25. The van der Waals surface area contributed by atoms with Crippen LogP contribution in [0.2, 0.25) is 0 Å². The molecule has 0 aromatic carbocycles. The van der Waals surface area contributed by atoms with Crippen LogP contribution < -0.4 is 0 Å². The van der Waals surface area contributed by atoms with Gasteiger partial charge in [0.1, 0.15) is 36.6 Å². The Bertz CT molecular complexity index is 722. The number of esters is 1. The van der Waals surface area contributed by atoms with Crippen LogP contribution >= 0.6 is 0 Å². The van der Waals surface area contributed by atoms with E-state index in [0.29, 0.717) is 13.0 Å². The standard InChI is InChI=1S/C40H78O8/c1-5-7-9-19-25-33(4)27-20-14-11-10-12-17-23-29-46-30-34(31-47-40-38(44)36(42)37(43)39(40)45)48-35(41)28-22-16-13-15-21-26-32(3)24-18-8-6-2/h32-34,36-40,42-45H,5-31H2,1-4H3/t32-,33+,34+,36-,37+,38+,39-,40?/m1/s1. The van der Waals surface area contributed by atoms with E-state index in [2.05, 4.69) is 27.7 Å². The predicted octanol–water partition coefficient (Wildman–Crippen LogP) is 8.43. The molecule has 8 nitrogen and oxygen atoms in total. The first-order valence-corrected chi connectivity index (χ1v) is 20.3. The van der Waals surface area contributed by atoms with Crippen molar-refractivity contribution in [2.75, 3.05) is 19.8 Å². The van der Waals surface area contributed by atoms with Crippen molar-refractivity contribution in [3.05, 3.63) is 0 Å². The van der Waals surface area contributed by atoms with Crippen molar-refractivity contribution in [1.82, 2.24) is 0 Å². The van der Waals surface area contributed by atoms with Gasteiger partial charge < -0.3 is 34.6 Å². The molecule has 0 spiro atoms. The fraction of sp³-hybridized carbons (Fsp3) is 0.975. The summed E-state index contributed by atoms with van der Waals surface area (Å²) < 4.78 is 17.2. The highest BCUT2D eigenvalue weighted by atomic mass is 16.6. The molecule has 286 valence electrons. The molecule has 1 aliphatic carbocycles. The molecule has 0 aromatic rings. The van der Waals surface area contributed by atoms with Crippen LogP contribution in [0.5, 0.6) is 0 Å². The van der Waals surface area contributed by atoms with Gasteiger partial charge in [0.15, 0.2) is 0 Å². The molecule has 8 atom stereocenters. The number of carbonyl (C=O) groups excluding carboxylic acids is 1. The molecule has 0 heterocycles. The molecule has 4 N–H and O–H groups in total. The van der Waals surface area contributed by atoms with E-state index in [1.807, 2.05) is 0 Å². The van der Waals surface area contributed by atoms with Gasteiger partial charge in [-0.15, -0.1) is 0 Å². The molecule has 1 unspecified atom stereocenters. The highest BCUT2D eigenvalue weighted by molar-refractivity contribution is 5.69. The molecule has 1 fully saturated rings. The number of hydrogen-bond acceptors (Lipinski definition) is 8. The zero-order valence-electron chi connectivity index (χ0n) is 31.6. The van der Waals surface area contributed by atoms with Crippen LogP contribution in [-0.4, -0.2) is 82.8 Å². The van der Waals surface area contributed by atoms with E-state index in [9.17, 15) is 25.2 Å². The van der Waals surface area contributed by atoms with Crippen molar-refractivity contribution in [3.63, 3.8) is 0 Å². The largest absolute Gasteiger partial charge is 0.457 e. The topological polar surface area (TPSA) is 126 Å². The fourth-order valence-electron chi connectivity index (χ4n) is 6.81. The normalized spacial score (nSPS) is 23.0. The lowest BCUT2D eigenvalue weighted by Crippen LogP contribution is -2.39. The minimum absolute atomic E-state index is 0.0994. The molecule has 1 rings (SSSR count). The number of ether oxygens (including phenoxy) is 3. The van der Waals surface area contributed by atoms with Gasteiger partial charge in [-0.25, -0.2) is 0 Å². The number of aliphatic hydroxyl groups excluding tert-OH is 4. The highest BCUT2D eigenvalue weighted by Gasteiger charge is 2.49. The first-order chi connectivity index (χ1) is 23.2. The Morgan fingerprint density at radius 3 is 1.48 bits per heavy atom. The summed E-state index contributed by atoms with van der Waals surface area (Å²) in [7, 11) is 0. The summed E-state index contributed by atoms with van der Waals surface area (Å²) in [4.78, 5) is 12.7. The Labute approximate surface area is 295 Å². The van der Waals surface area contributed by atoms with Crippen LogP contribution in [0.4, 0.5) is 0 Å². The first kappa shape index (κ1) is 45.3. The maximum Gasteiger partial charge on any atom is 0.306 e. The first-order valence-electron chi connectivity index (χ1n) is 20.3. The lowest BCUT2D eigenvalue weighted by atomic mass is 9.96. The zero-order chi connectivity index (χ0) is 35.4. The zero-order valence-corrected chi connectivity index (χ0v) is 31.6. The Balaban J connectivity index is 2.27. The molecule has 0 bridgehead atoms. The summed E-state index contributed by atoms with van der Waals surface area (Å²) in [6.45, 7) is 9.89. The Kier molecular flexibility index (Phi) is 28.2. The Morgan fingerprint density at radius 1 is 0.542 bits per heavy atom. The summed E-state index contributed by atoms with van der Waals surface area (Å²) in [6, 6.07) is 0. The Morgan fingerprint density at radius 2 is 0.958 bits per heavy atom. The van der Waals surface area contributed by atoms with E-state index in [1.165, 1.54) is 116 Å². The van der Waals surface area contributed by atoms with E-state index >= 15 is 0 Å². The lowest BCUT2D eigenvalue weighted by molar-refractivity contribution is -0.163. The van der Waals surface area contributed by atoms with E-state index in [0.717, 1.165) is 43.9 Å². The average molecular weight is 687 g/mol. The van der Waals surface area contributed by atoms with E-state index in [-0.39, 0.29) is 19.2 Å². The number of unbranched alkanes of at least 4 members (excludes halogenated alkanes) is 15.